The Morgan fingerprint density at radius 3 is 2.35 bits per heavy atom. The minimum absolute atomic E-state index is 0.0839. The van der Waals surface area contributed by atoms with E-state index < -0.39 is 0 Å². The number of ether oxygens (including phenoxy) is 2. The zero-order chi connectivity index (χ0) is 12.5. The molecule has 2 unspecified atom stereocenters. The first-order valence-electron chi connectivity index (χ1n) is 6.25. The van der Waals surface area contributed by atoms with Crippen LogP contribution in [0.1, 0.15) is 26.7 Å². The van der Waals surface area contributed by atoms with Gasteiger partial charge in [-0.05, 0) is 25.0 Å². The van der Waals surface area contributed by atoms with Crippen molar-refractivity contribution in [3.63, 3.8) is 0 Å². The number of hydrogen-bond acceptors (Lipinski definition) is 3. The van der Waals surface area contributed by atoms with Crippen LogP contribution in [0.5, 0.6) is 5.75 Å². The highest BCUT2D eigenvalue weighted by atomic mass is 16.5. The summed E-state index contributed by atoms with van der Waals surface area (Å²) in [7, 11) is 0. The van der Waals surface area contributed by atoms with Crippen LogP contribution >= 0.6 is 0 Å². The van der Waals surface area contributed by atoms with Crippen molar-refractivity contribution in [2.45, 2.75) is 38.9 Å². The van der Waals surface area contributed by atoms with E-state index in [0.29, 0.717) is 13.2 Å². The molecule has 96 valence electrons. The maximum absolute atomic E-state index is 9.67. The molecule has 0 radical (unpaired) electrons. The highest BCUT2D eigenvalue weighted by Gasteiger charge is 2.15. The molecule has 1 N–H and O–H groups in total. The predicted octanol–water partition coefficient (Wildman–Crippen LogP) is 2.63. The average Bonchev–Trinajstić information content (AvgIpc) is 2.39. The second kappa shape index (κ2) is 8.09. The molecule has 0 fully saturated rings. The summed E-state index contributed by atoms with van der Waals surface area (Å²) >= 11 is 0. The minimum atomic E-state index is -0.378. The molecule has 3 nitrogen and oxygen atoms in total. The highest BCUT2D eigenvalue weighted by Crippen LogP contribution is 2.10. The third-order valence-corrected chi connectivity index (χ3v) is 2.68. The van der Waals surface area contributed by atoms with Gasteiger partial charge in [-0.1, -0.05) is 32.0 Å². The maximum Gasteiger partial charge on any atom is 0.119 e. The molecule has 1 aromatic rings. The molecule has 1 aromatic carbocycles. The van der Waals surface area contributed by atoms with E-state index in [-0.39, 0.29) is 12.2 Å². The van der Waals surface area contributed by atoms with Crippen LogP contribution in [0.4, 0.5) is 0 Å². The molecule has 0 aliphatic carbocycles. The van der Waals surface area contributed by atoms with Crippen LogP contribution < -0.4 is 4.74 Å². The summed E-state index contributed by atoms with van der Waals surface area (Å²) in [4.78, 5) is 0. The lowest BCUT2D eigenvalue weighted by atomic mass is 10.1. The Hall–Kier alpha value is -1.06. The summed E-state index contributed by atoms with van der Waals surface area (Å²) in [5.74, 6) is 0.847. The zero-order valence-electron chi connectivity index (χ0n) is 10.6. The van der Waals surface area contributed by atoms with Gasteiger partial charge in [0.1, 0.15) is 12.4 Å². The quantitative estimate of drug-likeness (QED) is 0.708. The highest BCUT2D eigenvalue weighted by molar-refractivity contribution is 5.20. The number of para-hydroxylation sites is 1. The fourth-order valence-corrected chi connectivity index (χ4v) is 1.64. The van der Waals surface area contributed by atoms with Crippen LogP contribution in [-0.2, 0) is 4.74 Å². The molecule has 17 heavy (non-hydrogen) atoms. The van der Waals surface area contributed by atoms with Gasteiger partial charge in [-0.25, -0.2) is 0 Å². The van der Waals surface area contributed by atoms with E-state index in [1.54, 1.807) is 0 Å². The van der Waals surface area contributed by atoms with E-state index >= 15 is 0 Å². The van der Waals surface area contributed by atoms with E-state index in [4.69, 9.17) is 9.47 Å². The Morgan fingerprint density at radius 1 is 1.06 bits per heavy atom. The molecular formula is C14H22O3. The van der Waals surface area contributed by atoms with Crippen molar-refractivity contribution < 1.29 is 14.6 Å². The SMILES string of the molecule is CCC(O)C(CC)OCCOc1ccccc1. The Kier molecular flexibility index (Phi) is 6.67. The van der Waals surface area contributed by atoms with Crippen LogP contribution in [0.25, 0.3) is 0 Å². The normalized spacial score (nSPS) is 14.3. The zero-order valence-corrected chi connectivity index (χ0v) is 10.6. The lowest BCUT2D eigenvalue weighted by Crippen LogP contribution is -2.29. The Bertz CT molecular complexity index is 287. The smallest absolute Gasteiger partial charge is 0.119 e. The monoisotopic (exact) mass is 238 g/mol. The van der Waals surface area contributed by atoms with Gasteiger partial charge in [-0.3, -0.25) is 0 Å². The molecule has 0 spiro atoms. The predicted molar refractivity (Wildman–Crippen MR) is 68.3 cm³/mol. The van der Waals surface area contributed by atoms with Gasteiger partial charge in [-0.15, -0.1) is 0 Å². The Morgan fingerprint density at radius 2 is 1.76 bits per heavy atom. The summed E-state index contributed by atoms with van der Waals surface area (Å²) in [6, 6.07) is 9.65. The lowest BCUT2D eigenvalue weighted by Gasteiger charge is -2.20. The van der Waals surface area contributed by atoms with Gasteiger partial charge >= 0.3 is 0 Å². The van der Waals surface area contributed by atoms with Crippen molar-refractivity contribution in [3.05, 3.63) is 30.3 Å². The molecule has 1 rings (SSSR count). The Balaban J connectivity index is 2.19. The number of rotatable bonds is 8. The first kappa shape index (κ1) is 14.0. The molecule has 0 bridgehead atoms. The number of hydrogen-bond donors (Lipinski definition) is 1. The summed E-state index contributed by atoms with van der Waals surface area (Å²) in [6.07, 6.45) is 1.08. The molecule has 0 heterocycles. The summed E-state index contributed by atoms with van der Waals surface area (Å²) in [5.41, 5.74) is 0. The Labute approximate surface area is 103 Å². The van der Waals surface area contributed by atoms with Gasteiger partial charge in [0.05, 0.1) is 18.8 Å². The van der Waals surface area contributed by atoms with Gasteiger partial charge in [0.15, 0.2) is 0 Å². The third-order valence-electron chi connectivity index (χ3n) is 2.68. The molecule has 0 aliphatic rings. The third kappa shape index (κ3) is 5.20. The topological polar surface area (TPSA) is 38.7 Å². The van der Waals surface area contributed by atoms with E-state index in [9.17, 15) is 5.11 Å². The fraction of sp³-hybridized carbons (Fsp3) is 0.571. The molecule has 0 aromatic heterocycles. The largest absolute Gasteiger partial charge is 0.491 e. The van der Waals surface area contributed by atoms with E-state index in [1.165, 1.54) is 0 Å². The summed E-state index contributed by atoms with van der Waals surface area (Å²) in [6.45, 7) is 4.99. The standard InChI is InChI=1S/C14H22O3/c1-3-13(15)14(4-2)17-11-10-16-12-8-6-5-7-9-12/h5-9,13-15H,3-4,10-11H2,1-2H3. The van der Waals surface area contributed by atoms with Crippen LogP contribution in [0.2, 0.25) is 0 Å². The summed E-state index contributed by atoms with van der Waals surface area (Å²) < 4.78 is 11.1. The molecular weight excluding hydrogens is 216 g/mol. The van der Waals surface area contributed by atoms with Crippen LogP contribution in [-0.4, -0.2) is 30.5 Å². The molecule has 0 saturated carbocycles. The van der Waals surface area contributed by atoms with Crippen molar-refractivity contribution >= 4 is 0 Å². The first-order chi connectivity index (χ1) is 8.27. The lowest BCUT2D eigenvalue weighted by molar-refractivity contribution is -0.0475. The summed E-state index contributed by atoms with van der Waals surface area (Å²) in [5, 5.41) is 9.67. The van der Waals surface area contributed by atoms with Crippen molar-refractivity contribution in [1.29, 1.82) is 0 Å². The second-order valence-electron chi connectivity index (χ2n) is 3.95. The average molecular weight is 238 g/mol. The number of benzene rings is 1. The van der Waals surface area contributed by atoms with Crippen molar-refractivity contribution in [3.8, 4) is 5.75 Å². The van der Waals surface area contributed by atoms with Gasteiger partial charge in [0.25, 0.3) is 0 Å². The van der Waals surface area contributed by atoms with Gasteiger partial charge < -0.3 is 14.6 Å². The van der Waals surface area contributed by atoms with Gasteiger partial charge in [0.2, 0.25) is 0 Å². The van der Waals surface area contributed by atoms with Crippen LogP contribution in [0.15, 0.2) is 30.3 Å². The molecule has 0 aliphatic heterocycles. The van der Waals surface area contributed by atoms with Gasteiger partial charge in [0, 0.05) is 0 Å². The molecule has 2 atom stereocenters. The van der Waals surface area contributed by atoms with Crippen molar-refractivity contribution in [2.24, 2.45) is 0 Å². The molecule has 0 saturated heterocycles. The minimum Gasteiger partial charge on any atom is -0.491 e. The van der Waals surface area contributed by atoms with E-state index in [2.05, 4.69) is 0 Å². The van der Waals surface area contributed by atoms with Crippen LogP contribution in [0, 0.1) is 0 Å². The van der Waals surface area contributed by atoms with Crippen molar-refractivity contribution in [2.75, 3.05) is 13.2 Å². The first-order valence-corrected chi connectivity index (χ1v) is 6.25. The second-order valence-corrected chi connectivity index (χ2v) is 3.95. The van der Waals surface area contributed by atoms with Gasteiger partial charge in [-0.2, -0.15) is 0 Å². The van der Waals surface area contributed by atoms with E-state index in [1.807, 2.05) is 44.2 Å². The molecule has 3 heteroatoms. The molecule has 0 amide bonds. The maximum atomic E-state index is 9.67. The number of aliphatic hydroxyl groups is 1. The fourth-order valence-electron chi connectivity index (χ4n) is 1.64. The van der Waals surface area contributed by atoms with Crippen molar-refractivity contribution in [1.82, 2.24) is 0 Å². The number of aliphatic hydroxyl groups excluding tert-OH is 1. The van der Waals surface area contributed by atoms with E-state index in [0.717, 1.165) is 18.6 Å². The van der Waals surface area contributed by atoms with Crippen LogP contribution in [0.3, 0.4) is 0 Å².